The summed E-state index contributed by atoms with van der Waals surface area (Å²) in [4.78, 5) is 15.1. The van der Waals surface area contributed by atoms with Crippen LogP contribution in [0.5, 0.6) is 0 Å². The second kappa shape index (κ2) is 7.47. The number of amides is 1. The van der Waals surface area contributed by atoms with Crippen LogP contribution < -0.4 is 0 Å². The lowest BCUT2D eigenvalue weighted by molar-refractivity contribution is -0.131. The standard InChI is InChI=1S/C21H25NO3S2/c1-15(19-8-4-6-16-5-2-3-7-20(16)19)22(17-9-10-17)21(23)13-26-18-11-12-27(24,25)14-18/h2-8,15,17-18H,9-14H2,1H3. The first kappa shape index (κ1) is 18.8. The zero-order chi connectivity index (χ0) is 19.0. The average Bonchev–Trinajstić information content (AvgIpc) is 3.42. The van der Waals surface area contributed by atoms with Crippen LogP contribution in [0.4, 0.5) is 0 Å². The topological polar surface area (TPSA) is 54.5 Å². The maximum absolute atomic E-state index is 13.0. The van der Waals surface area contributed by atoms with Gasteiger partial charge in [0.15, 0.2) is 9.84 Å². The molecular weight excluding hydrogens is 378 g/mol. The average molecular weight is 404 g/mol. The van der Waals surface area contributed by atoms with Crippen LogP contribution in [0.3, 0.4) is 0 Å². The van der Waals surface area contributed by atoms with E-state index in [4.69, 9.17) is 0 Å². The van der Waals surface area contributed by atoms with E-state index in [1.54, 1.807) is 0 Å². The first-order valence-electron chi connectivity index (χ1n) is 9.55. The molecule has 1 amide bonds. The largest absolute Gasteiger partial charge is 0.332 e. The summed E-state index contributed by atoms with van der Waals surface area (Å²) in [6.45, 7) is 2.11. The highest BCUT2D eigenvalue weighted by Crippen LogP contribution is 2.37. The summed E-state index contributed by atoms with van der Waals surface area (Å²) >= 11 is 1.51. The van der Waals surface area contributed by atoms with Gasteiger partial charge in [0.25, 0.3) is 0 Å². The zero-order valence-corrected chi connectivity index (χ0v) is 17.1. The molecule has 0 aromatic heterocycles. The number of carbonyl (C=O) groups excluding carboxylic acids is 1. The lowest BCUT2D eigenvalue weighted by Gasteiger charge is -2.31. The van der Waals surface area contributed by atoms with E-state index < -0.39 is 9.84 Å². The molecule has 2 unspecified atom stereocenters. The molecule has 2 fully saturated rings. The number of nitrogens with zero attached hydrogens (tertiary/aromatic N) is 1. The Kier molecular flexibility index (Phi) is 5.21. The third kappa shape index (κ3) is 4.16. The van der Waals surface area contributed by atoms with Gasteiger partial charge in [0.2, 0.25) is 5.91 Å². The maximum atomic E-state index is 13.0. The summed E-state index contributed by atoms with van der Waals surface area (Å²) in [5, 5.41) is 2.45. The minimum absolute atomic E-state index is 0.0176. The van der Waals surface area contributed by atoms with Crippen LogP contribution in [0, 0.1) is 0 Å². The van der Waals surface area contributed by atoms with Crippen molar-refractivity contribution >= 4 is 38.3 Å². The number of hydrogen-bond acceptors (Lipinski definition) is 4. The fraction of sp³-hybridized carbons (Fsp3) is 0.476. The molecule has 2 aromatic rings. The van der Waals surface area contributed by atoms with E-state index in [0.717, 1.165) is 12.8 Å². The molecule has 0 spiro atoms. The molecule has 1 saturated heterocycles. The van der Waals surface area contributed by atoms with Gasteiger partial charge >= 0.3 is 0 Å². The number of carbonyl (C=O) groups is 1. The summed E-state index contributed by atoms with van der Waals surface area (Å²) in [6, 6.07) is 14.9. The van der Waals surface area contributed by atoms with Crippen molar-refractivity contribution in [3.05, 3.63) is 48.0 Å². The highest BCUT2D eigenvalue weighted by atomic mass is 32.2. The van der Waals surface area contributed by atoms with E-state index in [0.29, 0.717) is 18.2 Å². The van der Waals surface area contributed by atoms with Crippen molar-refractivity contribution < 1.29 is 13.2 Å². The Hall–Kier alpha value is -1.53. The van der Waals surface area contributed by atoms with Crippen molar-refractivity contribution in [1.29, 1.82) is 0 Å². The first-order chi connectivity index (χ1) is 12.9. The number of hydrogen-bond donors (Lipinski definition) is 0. The van der Waals surface area contributed by atoms with Gasteiger partial charge in [-0.2, -0.15) is 0 Å². The lowest BCUT2D eigenvalue weighted by Crippen LogP contribution is -2.37. The van der Waals surface area contributed by atoms with Crippen LogP contribution in [-0.4, -0.2) is 47.8 Å². The molecular formula is C21H25NO3S2. The number of sulfone groups is 1. The normalized spacial score (nSPS) is 22.6. The molecule has 4 rings (SSSR count). The number of thioether (sulfide) groups is 1. The summed E-state index contributed by atoms with van der Waals surface area (Å²) in [5.74, 6) is 0.976. The molecule has 0 bridgehead atoms. The Bertz CT molecular complexity index is 948. The van der Waals surface area contributed by atoms with Crippen LogP contribution in [0.2, 0.25) is 0 Å². The van der Waals surface area contributed by atoms with Gasteiger partial charge in [0.1, 0.15) is 0 Å². The summed E-state index contributed by atoms with van der Waals surface area (Å²) in [6.07, 6.45) is 2.79. The highest BCUT2D eigenvalue weighted by molar-refractivity contribution is 8.02. The third-order valence-corrected chi connectivity index (χ3v) is 8.82. The summed E-state index contributed by atoms with van der Waals surface area (Å²) in [5.41, 5.74) is 1.18. The van der Waals surface area contributed by atoms with Crippen LogP contribution in [0.25, 0.3) is 10.8 Å². The minimum atomic E-state index is -2.90. The second-order valence-corrected chi connectivity index (χ2v) is 11.1. The van der Waals surface area contributed by atoms with Crippen LogP contribution in [0.15, 0.2) is 42.5 Å². The predicted octanol–water partition coefficient (Wildman–Crippen LogP) is 3.81. The van der Waals surface area contributed by atoms with Gasteiger partial charge in [0, 0.05) is 11.3 Å². The molecule has 27 heavy (non-hydrogen) atoms. The third-order valence-electron chi connectivity index (χ3n) is 5.55. The van der Waals surface area contributed by atoms with E-state index in [-0.39, 0.29) is 28.7 Å². The van der Waals surface area contributed by atoms with Gasteiger partial charge in [-0.15, -0.1) is 11.8 Å². The Morgan fingerprint density at radius 2 is 1.89 bits per heavy atom. The molecule has 144 valence electrons. The van der Waals surface area contributed by atoms with Crippen molar-refractivity contribution in [2.24, 2.45) is 0 Å². The van der Waals surface area contributed by atoms with Crippen LogP contribution >= 0.6 is 11.8 Å². The van der Waals surface area contributed by atoms with Crippen LogP contribution in [-0.2, 0) is 14.6 Å². The van der Waals surface area contributed by atoms with Crippen molar-refractivity contribution in [1.82, 2.24) is 4.90 Å². The van der Waals surface area contributed by atoms with Crippen molar-refractivity contribution in [3.63, 3.8) is 0 Å². The maximum Gasteiger partial charge on any atom is 0.233 e. The van der Waals surface area contributed by atoms with E-state index in [1.807, 2.05) is 17.0 Å². The van der Waals surface area contributed by atoms with Crippen LogP contribution in [0.1, 0.15) is 37.8 Å². The lowest BCUT2D eigenvalue weighted by atomic mass is 9.98. The van der Waals surface area contributed by atoms with Gasteiger partial charge in [-0.25, -0.2) is 8.42 Å². The van der Waals surface area contributed by atoms with Gasteiger partial charge < -0.3 is 4.90 Å². The van der Waals surface area contributed by atoms with Gasteiger partial charge in [-0.05, 0) is 42.5 Å². The van der Waals surface area contributed by atoms with E-state index in [1.165, 1.54) is 28.1 Å². The zero-order valence-electron chi connectivity index (χ0n) is 15.5. The van der Waals surface area contributed by atoms with Crippen molar-refractivity contribution in [2.75, 3.05) is 17.3 Å². The number of benzene rings is 2. The monoisotopic (exact) mass is 403 g/mol. The number of fused-ring (bicyclic) bond motifs is 1. The molecule has 2 aliphatic rings. The SMILES string of the molecule is CC(c1cccc2ccccc12)N(C(=O)CSC1CCS(=O)(=O)C1)C1CC1. The second-order valence-electron chi connectivity index (χ2n) is 7.61. The molecule has 1 aliphatic carbocycles. The van der Waals surface area contributed by atoms with Crippen molar-refractivity contribution in [3.8, 4) is 0 Å². The first-order valence-corrected chi connectivity index (χ1v) is 12.4. The van der Waals surface area contributed by atoms with E-state index in [9.17, 15) is 13.2 Å². The predicted molar refractivity (Wildman–Crippen MR) is 112 cm³/mol. The Labute approximate surface area is 165 Å². The molecule has 0 N–H and O–H groups in total. The van der Waals surface area contributed by atoms with Gasteiger partial charge in [-0.3, -0.25) is 4.79 Å². The van der Waals surface area contributed by atoms with Gasteiger partial charge in [0.05, 0.1) is 23.3 Å². The molecule has 0 radical (unpaired) electrons. The highest BCUT2D eigenvalue weighted by Gasteiger charge is 2.37. The molecule has 2 atom stereocenters. The van der Waals surface area contributed by atoms with Gasteiger partial charge in [-0.1, -0.05) is 42.5 Å². The Morgan fingerprint density at radius 1 is 1.15 bits per heavy atom. The molecule has 1 heterocycles. The fourth-order valence-corrected chi connectivity index (χ4v) is 7.52. The molecule has 2 aromatic carbocycles. The molecule has 1 aliphatic heterocycles. The summed E-state index contributed by atoms with van der Waals surface area (Å²) in [7, 11) is -2.90. The van der Waals surface area contributed by atoms with E-state index in [2.05, 4.69) is 37.3 Å². The number of rotatable bonds is 6. The quantitative estimate of drug-likeness (QED) is 0.736. The Balaban J connectivity index is 1.51. The fourth-order valence-electron chi connectivity index (χ4n) is 4.01. The van der Waals surface area contributed by atoms with Crippen molar-refractivity contribution in [2.45, 2.75) is 43.5 Å². The molecule has 1 saturated carbocycles. The Morgan fingerprint density at radius 3 is 2.59 bits per heavy atom. The smallest absolute Gasteiger partial charge is 0.233 e. The molecule has 6 heteroatoms. The van der Waals surface area contributed by atoms with E-state index >= 15 is 0 Å². The minimum Gasteiger partial charge on any atom is -0.332 e. The summed E-state index contributed by atoms with van der Waals surface area (Å²) < 4.78 is 23.3. The molecule has 4 nitrogen and oxygen atoms in total.